The standard InChI is InChI=1S/C13H19FN2/c14-13(11-15)7-4-9-16(10-8-13)12-5-2-1-3-6-12/h1-3,5-6H,4,7-11,15H2. The van der Waals surface area contributed by atoms with E-state index in [0.29, 0.717) is 12.8 Å². The minimum atomic E-state index is -1.15. The maximum absolute atomic E-state index is 14.1. The molecule has 2 nitrogen and oxygen atoms in total. The molecule has 1 atom stereocenters. The van der Waals surface area contributed by atoms with Gasteiger partial charge in [0, 0.05) is 31.7 Å². The van der Waals surface area contributed by atoms with Crippen LogP contribution in [0.15, 0.2) is 30.3 Å². The Kier molecular flexibility index (Phi) is 3.44. The summed E-state index contributed by atoms with van der Waals surface area (Å²) in [5, 5.41) is 0. The van der Waals surface area contributed by atoms with E-state index < -0.39 is 5.67 Å². The minimum absolute atomic E-state index is 0.148. The van der Waals surface area contributed by atoms with Crippen LogP contribution in [0.5, 0.6) is 0 Å². The maximum Gasteiger partial charge on any atom is 0.124 e. The predicted molar refractivity (Wildman–Crippen MR) is 65.4 cm³/mol. The Bertz CT molecular complexity index is 328. The fourth-order valence-electron chi connectivity index (χ4n) is 2.26. The van der Waals surface area contributed by atoms with E-state index >= 15 is 0 Å². The van der Waals surface area contributed by atoms with Gasteiger partial charge in [0.05, 0.1) is 0 Å². The van der Waals surface area contributed by atoms with Gasteiger partial charge in [0.25, 0.3) is 0 Å². The van der Waals surface area contributed by atoms with Gasteiger partial charge >= 0.3 is 0 Å². The molecular weight excluding hydrogens is 203 g/mol. The van der Waals surface area contributed by atoms with E-state index in [9.17, 15) is 4.39 Å². The SMILES string of the molecule is NCC1(F)CCCN(c2ccccc2)CC1. The molecule has 0 spiro atoms. The fourth-order valence-corrected chi connectivity index (χ4v) is 2.26. The molecule has 0 bridgehead atoms. The molecule has 3 heteroatoms. The van der Waals surface area contributed by atoms with Crippen molar-refractivity contribution in [3.8, 4) is 0 Å². The lowest BCUT2D eigenvalue weighted by atomic mass is 9.97. The molecule has 0 saturated carbocycles. The highest BCUT2D eigenvalue weighted by Gasteiger charge is 2.30. The molecule has 1 aliphatic heterocycles. The topological polar surface area (TPSA) is 29.3 Å². The molecule has 1 aromatic rings. The van der Waals surface area contributed by atoms with Crippen molar-refractivity contribution in [2.45, 2.75) is 24.9 Å². The quantitative estimate of drug-likeness (QED) is 0.832. The molecule has 1 aliphatic rings. The predicted octanol–water partition coefficient (Wildman–Crippen LogP) is 2.34. The number of anilines is 1. The molecule has 0 amide bonds. The van der Waals surface area contributed by atoms with Gasteiger partial charge in [-0.15, -0.1) is 0 Å². The average Bonchev–Trinajstić information content (AvgIpc) is 2.53. The molecule has 16 heavy (non-hydrogen) atoms. The first kappa shape index (κ1) is 11.4. The van der Waals surface area contributed by atoms with Crippen molar-refractivity contribution in [2.24, 2.45) is 5.73 Å². The van der Waals surface area contributed by atoms with E-state index in [0.717, 1.165) is 19.5 Å². The van der Waals surface area contributed by atoms with Crippen LogP contribution in [-0.2, 0) is 0 Å². The first-order valence-electron chi connectivity index (χ1n) is 5.92. The van der Waals surface area contributed by atoms with Crippen LogP contribution >= 0.6 is 0 Å². The Morgan fingerprint density at radius 1 is 1.19 bits per heavy atom. The Morgan fingerprint density at radius 3 is 2.62 bits per heavy atom. The second kappa shape index (κ2) is 4.83. The van der Waals surface area contributed by atoms with Gasteiger partial charge in [0.15, 0.2) is 0 Å². The summed E-state index contributed by atoms with van der Waals surface area (Å²) in [7, 11) is 0. The second-order valence-electron chi connectivity index (χ2n) is 4.53. The zero-order valence-electron chi connectivity index (χ0n) is 9.53. The van der Waals surface area contributed by atoms with E-state index in [1.165, 1.54) is 5.69 Å². The summed E-state index contributed by atoms with van der Waals surface area (Å²) in [6, 6.07) is 10.2. The molecular formula is C13H19FN2. The van der Waals surface area contributed by atoms with E-state index in [-0.39, 0.29) is 6.54 Å². The fraction of sp³-hybridized carbons (Fsp3) is 0.538. The second-order valence-corrected chi connectivity index (χ2v) is 4.53. The van der Waals surface area contributed by atoms with Crippen LogP contribution in [0.25, 0.3) is 0 Å². The Morgan fingerprint density at radius 2 is 1.94 bits per heavy atom. The largest absolute Gasteiger partial charge is 0.371 e. The maximum atomic E-state index is 14.1. The van der Waals surface area contributed by atoms with Crippen LogP contribution in [0.4, 0.5) is 10.1 Å². The van der Waals surface area contributed by atoms with Gasteiger partial charge in [0.2, 0.25) is 0 Å². The molecule has 88 valence electrons. The van der Waals surface area contributed by atoms with Crippen LogP contribution in [0.2, 0.25) is 0 Å². The van der Waals surface area contributed by atoms with Crippen molar-refractivity contribution in [3.63, 3.8) is 0 Å². The van der Waals surface area contributed by atoms with Crippen molar-refractivity contribution in [2.75, 3.05) is 24.5 Å². The van der Waals surface area contributed by atoms with Crippen molar-refractivity contribution in [1.82, 2.24) is 0 Å². The molecule has 1 saturated heterocycles. The highest BCUT2D eigenvalue weighted by Crippen LogP contribution is 2.27. The molecule has 0 aliphatic carbocycles. The molecule has 2 N–H and O–H groups in total. The van der Waals surface area contributed by atoms with E-state index in [2.05, 4.69) is 17.0 Å². The summed E-state index contributed by atoms with van der Waals surface area (Å²) in [6.07, 6.45) is 2.01. The zero-order valence-corrected chi connectivity index (χ0v) is 9.53. The van der Waals surface area contributed by atoms with Gasteiger partial charge in [-0.2, -0.15) is 0 Å². The van der Waals surface area contributed by atoms with Gasteiger partial charge in [-0.1, -0.05) is 18.2 Å². The number of nitrogens with two attached hydrogens (primary N) is 1. The number of hydrogen-bond donors (Lipinski definition) is 1. The normalized spacial score (nSPS) is 26.5. The van der Waals surface area contributed by atoms with Crippen LogP contribution in [0.1, 0.15) is 19.3 Å². The lowest BCUT2D eigenvalue weighted by Gasteiger charge is -2.24. The molecule has 0 aromatic heterocycles. The van der Waals surface area contributed by atoms with Gasteiger partial charge in [-0.05, 0) is 25.0 Å². The van der Waals surface area contributed by atoms with Gasteiger partial charge in [-0.25, -0.2) is 4.39 Å². The first-order chi connectivity index (χ1) is 7.73. The molecule has 2 rings (SSSR count). The smallest absolute Gasteiger partial charge is 0.124 e. The summed E-state index contributed by atoms with van der Waals surface area (Å²) >= 11 is 0. The van der Waals surface area contributed by atoms with E-state index in [1.807, 2.05) is 18.2 Å². The van der Waals surface area contributed by atoms with Gasteiger partial charge < -0.3 is 10.6 Å². The highest BCUT2D eigenvalue weighted by molar-refractivity contribution is 5.46. The Balaban J connectivity index is 2.05. The third-order valence-corrected chi connectivity index (χ3v) is 3.37. The van der Waals surface area contributed by atoms with Gasteiger partial charge in [0.1, 0.15) is 5.67 Å². The van der Waals surface area contributed by atoms with Crippen LogP contribution < -0.4 is 10.6 Å². The molecule has 1 heterocycles. The summed E-state index contributed by atoms with van der Waals surface area (Å²) in [6.45, 7) is 1.84. The third kappa shape index (κ3) is 2.53. The third-order valence-electron chi connectivity index (χ3n) is 3.37. The zero-order chi connectivity index (χ0) is 11.4. The number of hydrogen-bond acceptors (Lipinski definition) is 2. The van der Waals surface area contributed by atoms with Crippen molar-refractivity contribution in [1.29, 1.82) is 0 Å². The minimum Gasteiger partial charge on any atom is -0.371 e. The molecule has 1 aromatic carbocycles. The number of rotatable bonds is 2. The monoisotopic (exact) mass is 222 g/mol. The number of benzene rings is 1. The summed E-state index contributed by atoms with van der Waals surface area (Å²) in [5.74, 6) is 0. The number of nitrogens with zero attached hydrogens (tertiary/aromatic N) is 1. The van der Waals surface area contributed by atoms with Crippen molar-refractivity contribution >= 4 is 5.69 Å². The number of halogens is 1. The Labute approximate surface area is 96.2 Å². The Hall–Kier alpha value is -1.09. The van der Waals surface area contributed by atoms with Crippen LogP contribution in [-0.4, -0.2) is 25.3 Å². The van der Waals surface area contributed by atoms with Crippen molar-refractivity contribution in [3.05, 3.63) is 30.3 Å². The summed E-state index contributed by atoms with van der Waals surface area (Å²) < 4.78 is 14.1. The molecule has 0 radical (unpaired) electrons. The molecule has 1 unspecified atom stereocenters. The average molecular weight is 222 g/mol. The summed E-state index contributed by atoms with van der Waals surface area (Å²) in [4.78, 5) is 2.25. The first-order valence-corrected chi connectivity index (χ1v) is 5.92. The molecule has 1 fully saturated rings. The van der Waals surface area contributed by atoms with Crippen molar-refractivity contribution < 1.29 is 4.39 Å². The van der Waals surface area contributed by atoms with E-state index in [4.69, 9.17) is 5.73 Å². The lowest BCUT2D eigenvalue weighted by Crippen LogP contribution is -2.34. The number of para-hydroxylation sites is 1. The number of alkyl halides is 1. The van der Waals surface area contributed by atoms with Gasteiger partial charge in [-0.3, -0.25) is 0 Å². The van der Waals surface area contributed by atoms with Crippen LogP contribution in [0.3, 0.4) is 0 Å². The lowest BCUT2D eigenvalue weighted by molar-refractivity contribution is 0.155. The van der Waals surface area contributed by atoms with E-state index in [1.54, 1.807) is 0 Å². The van der Waals surface area contributed by atoms with Crippen LogP contribution in [0, 0.1) is 0 Å². The highest BCUT2D eigenvalue weighted by atomic mass is 19.1. The summed E-state index contributed by atoms with van der Waals surface area (Å²) in [5.41, 5.74) is 5.53.